The van der Waals surface area contributed by atoms with E-state index in [0.29, 0.717) is 17.5 Å². The first-order chi connectivity index (χ1) is 7.97. The number of hydrogen-bond donors (Lipinski definition) is 1. The Morgan fingerprint density at radius 2 is 2.35 bits per heavy atom. The monoisotopic (exact) mass is 265 g/mol. The number of halogens is 3. The van der Waals surface area contributed by atoms with E-state index in [-0.39, 0.29) is 0 Å². The summed E-state index contributed by atoms with van der Waals surface area (Å²) >= 11 is 0.737. The second kappa shape index (κ2) is 4.91. The maximum atomic E-state index is 12.4. The summed E-state index contributed by atoms with van der Waals surface area (Å²) in [6, 6.07) is 0.347. The van der Waals surface area contributed by atoms with Gasteiger partial charge in [0.05, 0.1) is 0 Å². The van der Waals surface area contributed by atoms with Gasteiger partial charge in [-0.3, -0.25) is 4.90 Å². The lowest BCUT2D eigenvalue weighted by Gasteiger charge is -2.33. The first-order valence-corrected chi connectivity index (χ1v) is 6.25. The van der Waals surface area contributed by atoms with Gasteiger partial charge in [0, 0.05) is 43.3 Å². The second-order valence-electron chi connectivity index (χ2n) is 4.15. The molecule has 1 unspecified atom stereocenters. The van der Waals surface area contributed by atoms with E-state index in [1.165, 1.54) is 6.20 Å². The van der Waals surface area contributed by atoms with Gasteiger partial charge in [-0.25, -0.2) is 4.98 Å². The Labute approximate surface area is 102 Å². The van der Waals surface area contributed by atoms with Gasteiger partial charge >= 0.3 is 6.18 Å². The lowest BCUT2D eigenvalue weighted by atomic mass is 10.2. The van der Waals surface area contributed by atoms with Crippen LogP contribution in [0.4, 0.5) is 13.2 Å². The molecule has 2 rings (SSSR count). The number of thiazole rings is 1. The van der Waals surface area contributed by atoms with Crippen molar-refractivity contribution in [3.05, 3.63) is 16.1 Å². The van der Waals surface area contributed by atoms with Gasteiger partial charge in [0.25, 0.3) is 0 Å². The summed E-state index contributed by atoms with van der Waals surface area (Å²) < 4.78 is 37.1. The highest BCUT2D eigenvalue weighted by molar-refractivity contribution is 7.11. The molecule has 1 aliphatic rings. The summed E-state index contributed by atoms with van der Waals surface area (Å²) in [5.74, 6) is 0. The zero-order valence-electron chi connectivity index (χ0n) is 9.42. The lowest BCUT2D eigenvalue weighted by Crippen LogP contribution is -2.49. The van der Waals surface area contributed by atoms with Crippen molar-refractivity contribution in [1.82, 2.24) is 15.2 Å². The van der Waals surface area contributed by atoms with Gasteiger partial charge in [0.15, 0.2) is 5.01 Å². The van der Waals surface area contributed by atoms with E-state index < -0.39 is 11.2 Å². The summed E-state index contributed by atoms with van der Waals surface area (Å²) in [6.07, 6.45) is -2.99. The van der Waals surface area contributed by atoms with Crippen LogP contribution in [0.1, 0.15) is 16.8 Å². The predicted octanol–water partition coefficient (Wildman–Crippen LogP) is 1.96. The van der Waals surface area contributed by atoms with Crippen LogP contribution >= 0.6 is 11.3 Å². The fourth-order valence-electron chi connectivity index (χ4n) is 1.83. The van der Waals surface area contributed by atoms with Crippen LogP contribution in [0.15, 0.2) is 6.20 Å². The Kier molecular flexibility index (Phi) is 3.70. The van der Waals surface area contributed by atoms with E-state index in [4.69, 9.17) is 0 Å². The molecule has 1 aromatic heterocycles. The molecule has 0 aromatic carbocycles. The highest BCUT2D eigenvalue weighted by atomic mass is 32.1. The minimum Gasteiger partial charge on any atom is -0.314 e. The minimum atomic E-state index is -4.32. The Balaban J connectivity index is 2.01. The second-order valence-corrected chi connectivity index (χ2v) is 5.27. The smallest absolute Gasteiger partial charge is 0.314 e. The normalized spacial score (nSPS) is 22.9. The maximum absolute atomic E-state index is 12.4. The van der Waals surface area contributed by atoms with Gasteiger partial charge in [0.1, 0.15) is 0 Å². The number of rotatable bonds is 2. The third kappa shape index (κ3) is 3.17. The molecule has 1 aliphatic heterocycles. The Morgan fingerprint density at radius 1 is 1.59 bits per heavy atom. The SMILES string of the molecule is CC1CNCCN1Cc1cnc(C(F)(F)F)s1. The van der Waals surface area contributed by atoms with Crippen molar-refractivity contribution < 1.29 is 13.2 Å². The van der Waals surface area contributed by atoms with Gasteiger partial charge in [-0.15, -0.1) is 11.3 Å². The highest BCUT2D eigenvalue weighted by Gasteiger charge is 2.34. The summed E-state index contributed by atoms with van der Waals surface area (Å²) in [6.45, 7) is 5.25. The minimum absolute atomic E-state index is 0.347. The molecule has 1 fully saturated rings. The molecule has 0 aliphatic carbocycles. The molecule has 0 bridgehead atoms. The molecule has 0 amide bonds. The summed E-state index contributed by atoms with van der Waals surface area (Å²) in [4.78, 5) is 6.27. The first kappa shape index (κ1) is 12.8. The van der Waals surface area contributed by atoms with E-state index in [9.17, 15) is 13.2 Å². The van der Waals surface area contributed by atoms with Gasteiger partial charge in [-0.2, -0.15) is 13.2 Å². The third-order valence-corrected chi connectivity index (χ3v) is 3.82. The zero-order chi connectivity index (χ0) is 12.5. The highest BCUT2D eigenvalue weighted by Crippen LogP contribution is 2.32. The Hall–Kier alpha value is -0.660. The summed E-state index contributed by atoms with van der Waals surface area (Å²) in [5, 5.41) is 2.49. The Bertz CT molecular complexity index is 377. The third-order valence-electron chi connectivity index (χ3n) is 2.79. The van der Waals surface area contributed by atoms with Crippen molar-refractivity contribution >= 4 is 11.3 Å². The van der Waals surface area contributed by atoms with Crippen LogP contribution in [0.3, 0.4) is 0 Å². The van der Waals surface area contributed by atoms with Gasteiger partial charge in [0.2, 0.25) is 0 Å². The zero-order valence-corrected chi connectivity index (χ0v) is 10.2. The Morgan fingerprint density at radius 3 is 2.94 bits per heavy atom. The van der Waals surface area contributed by atoms with E-state index in [0.717, 1.165) is 31.0 Å². The molecule has 1 aromatic rings. The molecule has 1 N–H and O–H groups in total. The largest absolute Gasteiger partial charge is 0.443 e. The van der Waals surface area contributed by atoms with Crippen molar-refractivity contribution in [2.75, 3.05) is 19.6 Å². The predicted molar refractivity (Wildman–Crippen MR) is 59.9 cm³/mol. The molecule has 7 heteroatoms. The lowest BCUT2D eigenvalue weighted by molar-refractivity contribution is -0.137. The van der Waals surface area contributed by atoms with Crippen molar-refractivity contribution in [1.29, 1.82) is 0 Å². The number of nitrogens with one attached hydrogen (secondary N) is 1. The quantitative estimate of drug-likeness (QED) is 0.886. The molecular weight excluding hydrogens is 251 g/mol. The first-order valence-electron chi connectivity index (χ1n) is 5.43. The standard InChI is InChI=1S/C10H14F3N3S/c1-7-4-14-2-3-16(7)6-8-5-15-9(17-8)10(11,12)13/h5,7,14H,2-4,6H2,1H3. The molecule has 1 atom stereocenters. The van der Waals surface area contributed by atoms with Crippen LogP contribution in [0.2, 0.25) is 0 Å². The van der Waals surface area contributed by atoms with E-state index in [2.05, 4.69) is 22.1 Å². The van der Waals surface area contributed by atoms with Gasteiger partial charge in [-0.05, 0) is 6.92 Å². The molecule has 3 nitrogen and oxygen atoms in total. The van der Waals surface area contributed by atoms with Crippen molar-refractivity contribution in [3.8, 4) is 0 Å². The molecule has 2 heterocycles. The number of alkyl halides is 3. The maximum Gasteiger partial charge on any atom is 0.443 e. The van der Waals surface area contributed by atoms with E-state index in [1.54, 1.807) is 0 Å². The summed E-state index contributed by atoms with van der Waals surface area (Å²) in [5.41, 5.74) is 0. The molecule has 1 saturated heterocycles. The summed E-state index contributed by atoms with van der Waals surface area (Å²) in [7, 11) is 0. The average Bonchev–Trinajstić information content (AvgIpc) is 2.69. The average molecular weight is 265 g/mol. The van der Waals surface area contributed by atoms with Crippen LogP contribution in [0.5, 0.6) is 0 Å². The van der Waals surface area contributed by atoms with Crippen molar-refractivity contribution in [3.63, 3.8) is 0 Å². The van der Waals surface area contributed by atoms with Crippen LogP contribution in [0.25, 0.3) is 0 Å². The van der Waals surface area contributed by atoms with Crippen molar-refractivity contribution in [2.24, 2.45) is 0 Å². The molecule has 0 spiro atoms. The van der Waals surface area contributed by atoms with Crippen molar-refractivity contribution in [2.45, 2.75) is 25.7 Å². The fourth-order valence-corrected chi connectivity index (χ4v) is 2.64. The molecule has 96 valence electrons. The topological polar surface area (TPSA) is 28.2 Å². The van der Waals surface area contributed by atoms with Gasteiger partial charge < -0.3 is 5.32 Å². The van der Waals surface area contributed by atoms with Crippen LogP contribution in [0, 0.1) is 0 Å². The molecule has 17 heavy (non-hydrogen) atoms. The van der Waals surface area contributed by atoms with E-state index >= 15 is 0 Å². The number of hydrogen-bond acceptors (Lipinski definition) is 4. The number of nitrogens with zero attached hydrogens (tertiary/aromatic N) is 2. The molecule has 0 radical (unpaired) electrons. The fraction of sp³-hybridized carbons (Fsp3) is 0.700. The molecular formula is C10H14F3N3S. The van der Waals surface area contributed by atoms with Crippen LogP contribution in [-0.2, 0) is 12.7 Å². The number of piperazine rings is 1. The molecule has 0 saturated carbocycles. The number of aromatic nitrogens is 1. The van der Waals surface area contributed by atoms with Gasteiger partial charge in [-0.1, -0.05) is 0 Å². The van der Waals surface area contributed by atoms with E-state index in [1.807, 2.05) is 0 Å². The van der Waals surface area contributed by atoms with Crippen LogP contribution < -0.4 is 5.32 Å². The van der Waals surface area contributed by atoms with Crippen LogP contribution in [-0.4, -0.2) is 35.6 Å².